The normalized spacial score (nSPS) is 17.4. The summed E-state index contributed by atoms with van der Waals surface area (Å²) < 4.78 is 11.5. The molecule has 3 aromatic rings. The number of nitrogens with zero attached hydrogens (tertiary/aromatic N) is 3. The summed E-state index contributed by atoms with van der Waals surface area (Å²) in [5.74, 6) is 0.298. The standard InChI is InChI=1S/C29H36N6O6/c1-17-14-35(18(2)16-36)27(37)23-13-22(31-28(38)30-21-9-7-6-8-10-21)11-12-24(23)40-25(17)15-34(5)29(39)32-26-19(3)33-41-20(26)4/h6-13,17-18,25,36H,14-16H2,1-5H3,(H,32,39)(H2,30,31,38)/t17-,18-,25+/m0/s1. The van der Waals surface area contributed by atoms with E-state index in [0.29, 0.717) is 34.3 Å². The zero-order chi connectivity index (χ0) is 29.7. The molecule has 0 radical (unpaired) electrons. The van der Waals surface area contributed by atoms with E-state index < -0.39 is 18.2 Å². The maximum Gasteiger partial charge on any atom is 0.323 e. The lowest BCUT2D eigenvalue weighted by atomic mass is 9.99. The summed E-state index contributed by atoms with van der Waals surface area (Å²) in [6, 6.07) is 12.5. The van der Waals surface area contributed by atoms with E-state index in [0.717, 1.165) is 0 Å². The number of carbonyl (C=O) groups is 3. The fourth-order valence-electron chi connectivity index (χ4n) is 4.55. The quantitative estimate of drug-likeness (QED) is 0.334. The van der Waals surface area contributed by atoms with E-state index in [-0.39, 0.29) is 43.1 Å². The molecular weight excluding hydrogens is 528 g/mol. The van der Waals surface area contributed by atoms with Crippen LogP contribution in [0, 0.1) is 19.8 Å². The first-order valence-electron chi connectivity index (χ1n) is 13.4. The molecule has 3 atom stereocenters. The van der Waals surface area contributed by atoms with Gasteiger partial charge in [-0.05, 0) is 51.1 Å². The third-order valence-corrected chi connectivity index (χ3v) is 7.02. The summed E-state index contributed by atoms with van der Waals surface area (Å²) in [7, 11) is 1.65. The van der Waals surface area contributed by atoms with Crippen molar-refractivity contribution in [2.24, 2.45) is 5.92 Å². The molecule has 4 rings (SSSR count). The Balaban J connectivity index is 1.56. The van der Waals surface area contributed by atoms with Crippen LogP contribution in [0.5, 0.6) is 5.75 Å². The SMILES string of the molecule is Cc1noc(C)c1NC(=O)N(C)C[C@H]1Oc2ccc(NC(=O)Nc3ccccc3)cc2C(=O)N([C@@H](C)CO)C[C@@H]1C. The van der Waals surface area contributed by atoms with Gasteiger partial charge in [-0.15, -0.1) is 0 Å². The third kappa shape index (κ3) is 6.95. The molecule has 0 aliphatic carbocycles. The lowest BCUT2D eigenvalue weighted by Crippen LogP contribution is -2.50. The molecule has 218 valence electrons. The number of aliphatic hydroxyl groups is 1. The number of fused-ring (bicyclic) bond motifs is 1. The number of aryl methyl sites for hydroxylation is 2. The molecule has 1 aliphatic heterocycles. The second kappa shape index (κ2) is 12.7. The zero-order valence-corrected chi connectivity index (χ0v) is 23.8. The van der Waals surface area contributed by atoms with Crippen LogP contribution in [0.4, 0.5) is 26.7 Å². The monoisotopic (exact) mass is 564 g/mol. The van der Waals surface area contributed by atoms with Crippen LogP contribution in [0.15, 0.2) is 53.1 Å². The van der Waals surface area contributed by atoms with Crippen LogP contribution >= 0.6 is 0 Å². The van der Waals surface area contributed by atoms with E-state index in [1.807, 2.05) is 25.1 Å². The Morgan fingerprint density at radius 2 is 1.83 bits per heavy atom. The van der Waals surface area contributed by atoms with Gasteiger partial charge in [0.1, 0.15) is 23.2 Å². The number of hydrogen-bond donors (Lipinski definition) is 4. The van der Waals surface area contributed by atoms with Crippen molar-refractivity contribution >= 4 is 35.0 Å². The van der Waals surface area contributed by atoms with Gasteiger partial charge in [-0.3, -0.25) is 4.79 Å². The minimum absolute atomic E-state index is 0.190. The van der Waals surface area contributed by atoms with Crippen LogP contribution < -0.4 is 20.7 Å². The summed E-state index contributed by atoms with van der Waals surface area (Å²) in [5.41, 5.74) is 2.35. The molecule has 1 aliphatic rings. The number of likely N-dealkylation sites (N-methyl/N-ethyl adjacent to an activating group) is 1. The summed E-state index contributed by atoms with van der Waals surface area (Å²) in [5, 5.41) is 22.1. The fraction of sp³-hybridized carbons (Fsp3) is 0.379. The van der Waals surface area contributed by atoms with Crippen molar-refractivity contribution in [3.05, 3.63) is 65.5 Å². The number of amides is 5. The summed E-state index contributed by atoms with van der Waals surface area (Å²) >= 11 is 0. The fourth-order valence-corrected chi connectivity index (χ4v) is 4.55. The molecule has 0 saturated heterocycles. The predicted molar refractivity (Wildman–Crippen MR) is 154 cm³/mol. The maximum atomic E-state index is 13.7. The van der Waals surface area contributed by atoms with Crippen molar-refractivity contribution < 1.29 is 28.8 Å². The highest BCUT2D eigenvalue weighted by molar-refractivity contribution is 6.02. The first kappa shape index (κ1) is 29.4. The molecule has 0 bridgehead atoms. The van der Waals surface area contributed by atoms with Crippen molar-refractivity contribution in [1.82, 2.24) is 15.0 Å². The van der Waals surface area contributed by atoms with Crippen molar-refractivity contribution in [1.29, 1.82) is 0 Å². The number of hydrogen-bond acceptors (Lipinski definition) is 7. The predicted octanol–water partition coefficient (Wildman–Crippen LogP) is 4.32. The number of aromatic nitrogens is 1. The molecule has 12 nitrogen and oxygen atoms in total. The Hall–Kier alpha value is -4.58. The molecule has 0 spiro atoms. The van der Waals surface area contributed by atoms with Crippen molar-refractivity contribution in [3.8, 4) is 5.75 Å². The summed E-state index contributed by atoms with van der Waals surface area (Å²) in [6.45, 7) is 7.43. The number of rotatable bonds is 7. The van der Waals surface area contributed by atoms with Gasteiger partial charge in [0.25, 0.3) is 5.91 Å². The van der Waals surface area contributed by atoms with Crippen LogP contribution in [-0.4, -0.2) is 76.9 Å². The molecule has 0 unspecified atom stereocenters. The average molecular weight is 565 g/mol. The first-order valence-corrected chi connectivity index (χ1v) is 13.4. The first-order chi connectivity index (χ1) is 19.6. The van der Waals surface area contributed by atoms with Gasteiger partial charge in [0, 0.05) is 30.9 Å². The Kier molecular flexibility index (Phi) is 9.13. The highest BCUT2D eigenvalue weighted by Crippen LogP contribution is 2.31. The number of anilines is 3. The van der Waals surface area contributed by atoms with Gasteiger partial charge in [-0.25, -0.2) is 9.59 Å². The molecular formula is C29H36N6O6. The highest BCUT2D eigenvalue weighted by Gasteiger charge is 2.34. The van der Waals surface area contributed by atoms with E-state index >= 15 is 0 Å². The minimum atomic E-state index is -0.490. The molecule has 12 heteroatoms. The van der Waals surface area contributed by atoms with Gasteiger partial charge in [0.05, 0.1) is 24.8 Å². The van der Waals surface area contributed by atoms with Crippen LogP contribution in [0.1, 0.15) is 35.7 Å². The number of para-hydroxylation sites is 1. The molecule has 0 fully saturated rings. The number of aliphatic hydroxyl groups excluding tert-OH is 1. The van der Waals surface area contributed by atoms with Crippen molar-refractivity contribution in [2.75, 3.05) is 42.7 Å². The van der Waals surface area contributed by atoms with Gasteiger partial charge in [0.15, 0.2) is 5.76 Å². The van der Waals surface area contributed by atoms with E-state index in [4.69, 9.17) is 9.26 Å². The van der Waals surface area contributed by atoms with Crippen LogP contribution in [0.25, 0.3) is 0 Å². The average Bonchev–Trinajstić information content (AvgIpc) is 3.27. The Morgan fingerprint density at radius 3 is 2.49 bits per heavy atom. The van der Waals surface area contributed by atoms with Gasteiger partial charge in [0.2, 0.25) is 0 Å². The number of nitrogens with one attached hydrogen (secondary N) is 3. The molecule has 5 amide bonds. The number of ether oxygens (including phenoxy) is 1. The van der Waals surface area contributed by atoms with Crippen molar-refractivity contribution in [3.63, 3.8) is 0 Å². The highest BCUT2D eigenvalue weighted by atomic mass is 16.5. The number of urea groups is 2. The van der Waals surface area contributed by atoms with Gasteiger partial charge in [-0.1, -0.05) is 30.3 Å². The molecule has 0 saturated carbocycles. The smallest absolute Gasteiger partial charge is 0.323 e. The Morgan fingerprint density at radius 1 is 1.12 bits per heavy atom. The molecule has 2 aromatic carbocycles. The van der Waals surface area contributed by atoms with E-state index in [1.54, 1.807) is 63.1 Å². The van der Waals surface area contributed by atoms with Crippen LogP contribution in [0.3, 0.4) is 0 Å². The minimum Gasteiger partial charge on any atom is -0.487 e. The second-order valence-electron chi connectivity index (χ2n) is 10.3. The molecule has 41 heavy (non-hydrogen) atoms. The van der Waals surface area contributed by atoms with Crippen molar-refractivity contribution in [2.45, 2.75) is 39.8 Å². The van der Waals surface area contributed by atoms with E-state index in [2.05, 4.69) is 21.1 Å². The summed E-state index contributed by atoms with van der Waals surface area (Å²) in [4.78, 5) is 42.3. The molecule has 4 N–H and O–H groups in total. The topological polar surface area (TPSA) is 149 Å². The number of benzene rings is 2. The lowest BCUT2D eigenvalue weighted by molar-refractivity contribution is 0.0371. The van der Waals surface area contributed by atoms with Gasteiger partial charge < -0.3 is 40.1 Å². The van der Waals surface area contributed by atoms with Gasteiger partial charge >= 0.3 is 12.1 Å². The lowest BCUT2D eigenvalue weighted by Gasteiger charge is -2.38. The molecule has 1 aromatic heterocycles. The molecule has 2 heterocycles. The van der Waals surface area contributed by atoms with Crippen LogP contribution in [0.2, 0.25) is 0 Å². The second-order valence-corrected chi connectivity index (χ2v) is 10.3. The number of carbonyl (C=O) groups excluding carboxylic acids is 3. The summed E-state index contributed by atoms with van der Waals surface area (Å²) in [6.07, 6.45) is -0.490. The Labute approximate surface area is 238 Å². The van der Waals surface area contributed by atoms with Gasteiger partial charge in [-0.2, -0.15) is 0 Å². The maximum absolute atomic E-state index is 13.7. The third-order valence-electron chi connectivity index (χ3n) is 7.02. The van der Waals surface area contributed by atoms with E-state index in [1.165, 1.54) is 4.90 Å². The Bertz CT molecular complexity index is 1370. The largest absolute Gasteiger partial charge is 0.487 e. The van der Waals surface area contributed by atoms with E-state index in [9.17, 15) is 19.5 Å². The zero-order valence-electron chi connectivity index (χ0n) is 23.8. The van der Waals surface area contributed by atoms with Crippen LogP contribution in [-0.2, 0) is 0 Å².